The molecule has 1 atom stereocenters. The second kappa shape index (κ2) is 11.1. The number of nitrogens with one attached hydrogen (secondary N) is 2. The summed E-state index contributed by atoms with van der Waals surface area (Å²) in [6, 6.07) is 13.1. The van der Waals surface area contributed by atoms with E-state index in [1.54, 1.807) is 61.1 Å². The summed E-state index contributed by atoms with van der Waals surface area (Å²) in [7, 11) is 1.51. The Morgan fingerprint density at radius 3 is 2.50 bits per heavy atom. The number of anilines is 3. The molecule has 0 saturated heterocycles. The Hall–Kier alpha value is -4.77. The number of fused-ring (bicyclic) bond motifs is 1. The molecule has 11 heteroatoms. The Balaban J connectivity index is 1.48. The van der Waals surface area contributed by atoms with E-state index in [1.807, 2.05) is 6.07 Å². The number of carboxylic acid groups (broad SMARTS) is 1. The van der Waals surface area contributed by atoms with E-state index in [1.165, 1.54) is 7.11 Å². The predicted molar refractivity (Wildman–Crippen MR) is 134 cm³/mol. The van der Waals surface area contributed by atoms with Gasteiger partial charge in [-0.2, -0.15) is 0 Å². The van der Waals surface area contributed by atoms with Crippen LogP contribution in [0.25, 0.3) is 10.9 Å². The van der Waals surface area contributed by atoms with E-state index in [-0.39, 0.29) is 24.9 Å². The first-order valence-corrected chi connectivity index (χ1v) is 11.0. The first-order valence-electron chi connectivity index (χ1n) is 11.0. The second-order valence-corrected chi connectivity index (χ2v) is 7.70. The average Bonchev–Trinajstić information content (AvgIpc) is 2.90. The lowest BCUT2D eigenvalue weighted by molar-refractivity contribution is -0.138. The molecule has 0 aliphatic heterocycles. The van der Waals surface area contributed by atoms with Gasteiger partial charge >= 0.3 is 5.97 Å². The molecular formula is C25H24N6O5. The van der Waals surface area contributed by atoms with E-state index in [9.17, 15) is 9.59 Å². The number of benzene rings is 2. The van der Waals surface area contributed by atoms with Crippen molar-refractivity contribution < 1.29 is 24.2 Å². The average molecular weight is 489 g/mol. The molecule has 184 valence electrons. The Kier molecular flexibility index (Phi) is 7.51. The maximum Gasteiger partial charge on any atom is 0.320 e. The second-order valence-electron chi connectivity index (χ2n) is 7.70. The number of carbonyl (C=O) groups excluding carboxylic acids is 1. The number of carbonyl (C=O) groups is 2. The van der Waals surface area contributed by atoms with Crippen molar-refractivity contribution in [1.29, 1.82) is 0 Å². The Morgan fingerprint density at radius 2 is 1.81 bits per heavy atom. The van der Waals surface area contributed by atoms with Crippen LogP contribution in [0.3, 0.4) is 0 Å². The molecule has 36 heavy (non-hydrogen) atoms. The molecule has 4 aromatic rings. The van der Waals surface area contributed by atoms with E-state index in [2.05, 4.69) is 25.6 Å². The predicted octanol–water partition coefficient (Wildman–Crippen LogP) is 3.21. The number of rotatable bonds is 10. The van der Waals surface area contributed by atoms with Gasteiger partial charge in [0.15, 0.2) is 11.5 Å². The van der Waals surface area contributed by atoms with Crippen LogP contribution in [0.5, 0.6) is 11.5 Å². The number of amides is 1. The first kappa shape index (κ1) is 24.4. The fraction of sp³-hybridized carbons (Fsp3) is 0.160. The quantitative estimate of drug-likeness (QED) is 0.261. The van der Waals surface area contributed by atoms with Gasteiger partial charge in [-0.25, -0.2) is 9.97 Å². The Labute approximate surface area is 206 Å². The minimum Gasteiger partial charge on any atom is -0.493 e. The van der Waals surface area contributed by atoms with Crippen LogP contribution in [-0.4, -0.2) is 51.7 Å². The molecule has 0 aliphatic rings. The van der Waals surface area contributed by atoms with Crippen molar-refractivity contribution in [2.24, 2.45) is 5.73 Å². The summed E-state index contributed by atoms with van der Waals surface area (Å²) < 4.78 is 11.2. The van der Waals surface area contributed by atoms with Gasteiger partial charge in [-0.15, -0.1) is 0 Å². The number of hydrogen-bond acceptors (Lipinski definition) is 9. The number of aliphatic carboxylic acids is 1. The first-order chi connectivity index (χ1) is 17.4. The largest absolute Gasteiger partial charge is 0.493 e. The third-order valence-corrected chi connectivity index (χ3v) is 5.22. The van der Waals surface area contributed by atoms with Crippen LogP contribution in [0.1, 0.15) is 16.8 Å². The molecule has 0 aliphatic carbocycles. The van der Waals surface area contributed by atoms with Crippen LogP contribution < -0.4 is 25.8 Å². The highest BCUT2D eigenvalue weighted by Gasteiger charge is 2.14. The molecule has 0 bridgehead atoms. The standard InChI is InChI=1S/C25H24N6O5/c1-35-21-11-17-19(7-9-27-20(17)12-22(21)36-10-8-18(26)24(33)34)30-16-13-28-25(29-14-16)31-23(32)15-5-3-2-4-6-15/h2-7,9,11-14,18H,8,10,26H2,1H3,(H,27,30)(H,33,34)(H,28,29,31,32)/t18-/m0/s1. The summed E-state index contributed by atoms with van der Waals surface area (Å²) in [5.74, 6) is -0.324. The molecule has 0 unspecified atom stereocenters. The Bertz CT molecular complexity index is 1360. The molecule has 0 fully saturated rings. The van der Waals surface area contributed by atoms with Gasteiger partial charge in [0, 0.05) is 35.3 Å². The molecule has 1 amide bonds. The number of pyridine rings is 1. The normalized spacial score (nSPS) is 11.5. The lowest BCUT2D eigenvalue weighted by Gasteiger charge is -2.15. The molecular weight excluding hydrogens is 464 g/mol. The number of nitrogens with two attached hydrogens (primary N) is 1. The van der Waals surface area contributed by atoms with Gasteiger partial charge < -0.3 is 25.6 Å². The number of carboxylic acids is 1. The maximum atomic E-state index is 12.3. The van der Waals surface area contributed by atoms with Crippen molar-refractivity contribution in [3.8, 4) is 11.5 Å². The molecule has 0 saturated carbocycles. The lowest BCUT2D eigenvalue weighted by Crippen LogP contribution is -2.31. The summed E-state index contributed by atoms with van der Waals surface area (Å²) in [4.78, 5) is 36.0. The van der Waals surface area contributed by atoms with Gasteiger partial charge in [-0.05, 0) is 24.3 Å². The minimum atomic E-state index is -1.09. The van der Waals surface area contributed by atoms with E-state index in [4.69, 9.17) is 20.3 Å². The monoisotopic (exact) mass is 488 g/mol. The van der Waals surface area contributed by atoms with Crippen molar-refractivity contribution in [2.75, 3.05) is 24.4 Å². The number of hydrogen-bond donors (Lipinski definition) is 4. The highest BCUT2D eigenvalue weighted by molar-refractivity contribution is 6.03. The molecule has 11 nitrogen and oxygen atoms in total. The molecule has 2 aromatic heterocycles. The molecule has 0 spiro atoms. The van der Waals surface area contributed by atoms with E-state index in [0.29, 0.717) is 28.3 Å². The molecule has 2 aromatic carbocycles. The fourth-order valence-electron chi connectivity index (χ4n) is 3.33. The third kappa shape index (κ3) is 5.83. The molecule has 4 rings (SSSR count). The number of methoxy groups -OCH3 is 1. The number of ether oxygens (including phenoxy) is 2. The van der Waals surface area contributed by atoms with Crippen LogP contribution in [0, 0.1) is 0 Å². The lowest BCUT2D eigenvalue weighted by atomic mass is 10.1. The van der Waals surface area contributed by atoms with Crippen LogP contribution in [-0.2, 0) is 4.79 Å². The summed E-state index contributed by atoms with van der Waals surface area (Å²) in [6.07, 6.45) is 4.89. The topological polar surface area (TPSA) is 162 Å². The van der Waals surface area contributed by atoms with Crippen molar-refractivity contribution in [2.45, 2.75) is 12.5 Å². The van der Waals surface area contributed by atoms with Crippen molar-refractivity contribution >= 4 is 40.1 Å². The van der Waals surface area contributed by atoms with Crippen molar-refractivity contribution in [3.63, 3.8) is 0 Å². The van der Waals surface area contributed by atoms with Crippen LogP contribution in [0.2, 0.25) is 0 Å². The number of aromatic nitrogens is 3. The number of nitrogens with zero attached hydrogens (tertiary/aromatic N) is 3. The van der Waals surface area contributed by atoms with E-state index in [0.717, 1.165) is 11.1 Å². The van der Waals surface area contributed by atoms with Gasteiger partial charge in [0.25, 0.3) is 5.91 Å². The van der Waals surface area contributed by atoms with E-state index < -0.39 is 12.0 Å². The maximum absolute atomic E-state index is 12.3. The fourth-order valence-corrected chi connectivity index (χ4v) is 3.33. The summed E-state index contributed by atoms with van der Waals surface area (Å²) >= 11 is 0. The van der Waals surface area contributed by atoms with Crippen molar-refractivity contribution in [3.05, 3.63) is 72.7 Å². The van der Waals surface area contributed by atoms with E-state index >= 15 is 0 Å². The van der Waals surface area contributed by atoms with Crippen LogP contribution >= 0.6 is 0 Å². The zero-order valence-electron chi connectivity index (χ0n) is 19.3. The van der Waals surface area contributed by atoms with Gasteiger partial charge in [0.1, 0.15) is 6.04 Å². The van der Waals surface area contributed by atoms with Crippen LogP contribution in [0.4, 0.5) is 17.3 Å². The highest BCUT2D eigenvalue weighted by atomic mass is 16.5. The van der Waals surface area contributed by atoms with Crippen molar-refractivity contribution in [1.82, 2.24) is 15.0 Å². The summed E-state index contributed by atoms with van der Waals surface area (Å²) in [6.45, 7) is 0.109. The van der Waals surface area contributed by atoms with Gasteiger partial charge in [0.2, 0.25) is 5.95 Å². The summed E-state index contributed by atoms with van der Waals surface area (Å²) in [5, 5.41) is 15.6. The zero-order chi connectivity index (χ0) is 25.5. The minimum absolute atomic E-state index is 0.109. The third-order valence-electron chi connectivity index (χ3n) is 5.22. The van der Waals surface area contributed by atoms with Gasteiger partial charge in [0.05, 0.1) is 37.3 Å². The SMILES string of the molecule is COc1cc2c(Nc3cnc(NC(=O)c4ccccc4)nc3)ccnc2cc1OCC[C@H](N)C(=O)O. The van der Waals surface area contributed by atoms with Crippen LogP contribution in [0.15, 0.2) is 67.1 Å². The molecule has 2 heterocycles. The van der Waals surface area contributed by atoms with Gasteiger partial charge in [-0.1, -0.05) is 18.2 Å². The van der Waals surface area contributed by atoms with Gasteiger partial charge in [-0.3, -0.25) is 19.9 Å². The smallest absolute Gasteiger partial charge is 0.320 e. The summed E-state index contributed by atoms with van der Waals surface area (Å²) in [5.41, 5.74) is 7.99. The zero-order valence-corrected chi connectivity index (χ0v) is 19.3. The highest BCUT2D eigenvalue weighted by Crippen LogP contribution is 2.35. The Morgan fingerprint density at radius 1 is 1.06 bits per heavy atom. The molecule has 0 radical (unpaired) electrons. The molecule has 5 N–H and O–H groups in total.